The van der Waals surface area contributed by atoms with Crippen LogP contribution in [-0.4, -0.2) is 12.6 Å². The molecular weight excluding hydrogens is 202 g/mol. The summed E-state index contributed by atoms with van der Waals surface area (Å²) in [5, 5.41) is 9.16. The zero-order chi connectivity index (χ0) is 12.2. The fourth-order valence-corrected chi connectivity index (χ4v) is 2.43. The van der Waals surface area contributed by atoms with Gasteiger partial charge in [-0.15, -0.1) is 0 Å². The first-order valence-corrected chi connectivity index (χ1v) is 6.09. The Balaban J connectivity index is 2.72. The highest BCUT2D eigenvalue weighted by Gasteiger charge is 2.42. The summed E-state index contributed by atoms with van der Waals surface area (Å²) in [4.78, 5) is 11.7. The molecule has 1 aliphatic carbocycles. The summed E-state index contributed by atoms with van der Waals surface area (Å²) in [6.07, 6.45) is 4.11. The Bertz CT molecular complexity index is 285. The first-order chi connectivity index (χ1) is 7.53. The number of carbonyl (C=O) groups excluding carboxylic acids is 1. The van der Waals surface area contributed by atoms with E-state index in [4.69, 9.17) is 10.00 Å². The summed E-state index contributed by atoms with van der Waals surface area (Å²) in [5.41, 5.74) is -0.187. The van der Waals surface area contributed by atoms with E-state index in [1.54, 1.807) is 6.92 Å². The fourth-order valence-electron chi connectivity index (χ4n) is 2.43. The molecule has 1 unspecified atom stereocenters. The standard InChI is InChI=1S/C13H21NO2/c1-4-16-12(15)11(9-14)13(3)7-5-10(2)6-8-13/h10-11H,4-8H2,1-3H3. The third kappa shape index (κ3) is 2.75. The third-order valence-electron chi connectivity index (χ3n) is 3.76. The molecule has 0 aromatic heterocycles. The maximum absolute atomic E-state index is 11.7. The number of hydrogen-bond acceptors (Lipinski definition) is 3. The van der Waals surface area contributed by atoms with Crippen molar-refractivity contribution in [3.8, 4) is 6.07 Å². The molecule has 1 atom stereocenters. The molecule has 0 radical (unpaired) electrons. The largest absolute Gasteiger partial charge is 0.465 e. The predicted molar refractivity (Wildman–Crippen MR) is 61.5 cm³/mol. The second kappa shape index (κ2) is 5.34. The van der Waals surface area contributed by atoms with Crippen LogP contribution in [0, 0.1) is 28.6 Å². The zero-order valence-corrected chi connectivity index (χ0v) is 10.5. The molecule has 90 valence electrons. The average Bonchev–Trinajstić information content (AvgIpc) is 2.24. The van der Waals surface area contributed by atoms with Crippen molar-refractivity contribution in [3.05, 3.63) is 0 Å². The molecule has 1 aliphatic rings. The van der Waals surface area contributed by atoms with E-state index in [0.29, 0.717) is 6.61 Å². The number of ether oxygens (including phenoxy) is 1. The highest BCUT2D eigenvalue weighted by Crippen LogP contribution is 2.44. The molecular formula is C13H21NO2. The minimum Gasteiger partial charge on any atom is -0.465 e. The second-order valence-electron chi connectivity index (χ2n) is 5.15. The second-order valence-corrected chi connectivity index (χ2v) is 5.15. The number of hydrogen-bond donors (Lipinski definition) is 0. The smallest absolute Gasteiger partial charge is 0.323 e. The van der Waals surface area contributed by atoms with Crippen LogP contribution >= 0.6 is 0 Å². The van der Waals surface area contributed by atoms with Crippen molar-refractivity contribution < 1.29 is 9.53 Å². The summed E-state index contributed by atoms with van der Waals surface area (Å²) < 4.78 is 4.98. The van der Waals surface area contributed by atoms with E-state index in [0.717, 1.165) is 31.6 Å². The Morgan fingerprint density at radius 2 is 2.12 bits per heavy atom. The van der Waals surface area contributed by atoms with Gasteiger partial charge in [0.2, 0.25) is 0 Å². The minimum absolute atomic E-state index is 0.187. The molecule has 0 aromatic rings. The van der Waals surface area contributed by atoms with Gasteiger partial charge in [0.05, 0.1) is 12.7 Å². The highest BCUT2D eigenvalue weighted by molar-refractivity contribution is 5.76. The lowest BCUT2D eigenvalue weighted by Crippen LogP contribution is -2.36. The van der Waals surface area contributed by atoms with E-state index in [1.165, 1.54) is 0 Å². The van der Waals surface area contributed by atoms with Gasteiger partial charge in [0, 0.05) is 0 Å². The minimum atomic E-state index is -0.597. The van der Waals surface area contributed by atoms with Crippen LogP contribution in [0.25, 0.3) is 0 Å². The number of nitrogens with zero attached hydrogens (tertiary/aromatic N) is 1. The number of carbonyl (C=O) groups is 1. The van der Waals surface area contributed by atoms with Crippen molar-refractivity contribution in [3.63, 3.8) is 0 Å². The first-order valence-electron chi connectivity index (χ1n) is 6.09. The molecule has 0 bridgehead atoms. The van der Waals surface area contributed by atoms with Gasteiger partial charge in [-0.1, -0.05) is 26.7 Å². The Morgan fingerprint density at radius 3 is 2.56 bits per heavy atom. The Hall–Kier alpha value is -1.04. The lowest BCUT2D eigenvalue weighted by molar-refractivity contribution is -0.150. The summed E-state index contributed by atoms with van der Waals surface area (Å²) in [7, 11) is 0. The average molecular weight is 223 g/mol. The molecule has 0 amide bonds. The topological polar surface area (TPSA) is 50.1 Å². The zero-order valence-electron chi connectivity index (χ0n) is 10.5. The van der Waals surface area contributed by atoms with E-state index in [-0.39, 0.29) is 11.4 Å². The van der Waals surface area contributed by atoms with Gasteiger partial charge >= 0.3 is 5.97 Å². The van der Waals surface area contributed by atoms with Crippen molar-refractivity contribution in [1.29, 1.82) is 5.26 Å². The monoisotopic (exact) mass is 223 g/mol. The predicted octanol–water partition coefficient (Wildman–Crippen LogP) is 2.91. The number of nitriles is 1. The molecule has 3 nitrogen and oxygen atoms in total. The summed E-state index contributed by atoms with van der Waals surface area (Å²) in [5.74, 6) is -0.225. The van der Waals surface area contributed by atoms with Crippen molar-refractivity contribution in [2.75, 3.05) is 6.61 Å². The van der Waals surface area contributed by atoms with Crippen LogP contribution in [0.3, 0.4) is 0 Å². The molecule has 1 fully saturated rings. The number of esters is 1. The summed E-state index contributed by atoms with van der Waals surface area (Å²) in [6, 6.07) is 2.14. The van der Waals surface area contributed by atoms with Crippen molar-refractivity contribution in [2.24, 2.45) is 17.3 Å². The molecule has 0 spiro atoms. The normalized spacial score (nSPS) is 31.5. The van der Waals surface area contributed by atoms with E-state index < -0.39 is 5.92 Å². The fraction of sp³-hybridized carbons (Fsp3) is 0.846. The maximum atomic E-state index is 11.7. The quantitative estimate of drug-likeness (QED) is 0.691. The van der Waals surface area contributed by atoms with Gasteiger partial charge in [0.1, 0.15) is 5.92 Å². The van der Waals surface area contributed by atoms with Crippen LogP contribution in [0.5, 0.6) is 0 Å². The number of rotatable bonds is 3. The van der Waals surface area contributed by atoms with Gasteiger partial charge in [0.25, 0.3) is 0 Å². The van der Waals surface area contributed by atoms with Crippen LogP contribution in [0.2, 0.25) is 0 Å². The highest BCUT2D eigenvalue weighted by atomic mass is 16.5. The van der Waals surface area contributed by atoms with Crippen molar-refractivity contribution in [2.45, 2.75) is 46.5 Å². The van der Waals surface area contributed by atoms with Gasteiger partial charge in [0.15, 0.2) is 0 Å². The molecule has 1 rings (SSSR count). The molecule has 16 heavy (non-hydrogen) atoms. The Labute approximate surface area is 97.8 Å². The van der Waals surface area contributed by atoms with E-state index in [9.17, 15) is 4.79 Å². The molecule has 0 N–H and O–H groups in total. The van der Waals surface area contributed by atoms with E-state index >= 15 is 0 Å². The maximum Gasteiger partial charge on any atom is 0.323 e. The lowest BCUT2D eigenvalue weighted by atomic mass is 9.65. The molecule has 3 heteroatoms. The summed E-state index contributed by atoms with van der Waals surface area (Å²) >= 11 is 0. The first kappa shape index (κ1) is 13.0. The Morgan fingerprint density at radius 1 is 1.56 bits per heavy atom. The van der Waals surface area contributed by atoms with Crippen LogP contribution in [0.4, 0.5) is 0 Å². The van der Waals surface area contributed by atoms with E-state index in [1.807, 2.05) is 6.92 Å². The molecule has 1 saturated carbocycles. The SMILES string of the molecule is CCOC(=O)C(C#N)C1(C)CCC(C)CC1. The van der Waals surface area contributed by atoms with Gasteiger partial charge in [-0.3, -0.25) is 4.79 Å². The molecule has 0 aromatic carbocycles. The van der Waals surface area contributed by atoms with Gasteiger partial charge in [-0.05, 0) is 31.1 Å². The van der Waals surface area contributed by atoms with Crippen molar-refractivity contribution >= 4 is 5.97 Å². The molecule has 0 saturated heterocycles. The van der Waals surface area contributed by atoms with Gasteiger partial charge in [-0.2, -0.15) is 5.26 Å². The van der Waals surface area contributed by atoms with Crippen LogP contribution in [0.1, 0.15) is 46.5 Å². The molecule has 0 heterocycles. The van der Waals surface area contributed by atoms with Gasteiger partial charge < -0.3 is 4.74 Å². The lowest BCUT2D eigenvalue weighted by Gasteiger charge is -2.38. The molecule has 0 aliphatic heterocycles. The van der Waals surface area contributed by atoms with Crippen LogP contribution in [-0.2, 0) is 9.53 Å². The van der Waals surface area contributed by atoms with Gasteiger partial charge in [-0.25, -0.2) is 0 Å². The van der Waals surface area contributed by atoms with E-state index in [2.05, 4.69) is 13.0 Å². The van der Waals surface area contributed by atoms with Crippen LogP contribution in [0.15, 0.2) is 0 Å². The third-order valence-corrected chi connectivity index (χ3v) is 3.76. The Kier molecular flexibility index (Phi) is 4.35. The van der Waals surface area contributed by atoms with Crippen molar-refractivity contribution in [1.82, 2.24) is 0 Å². The summed E-state index contributed by atoms with van der Waals surface area (Å²) in [6.45, 7) is 6.40. The van der Waals surface area contributed by atoms with Crippen LogP contribution < -0.4 is 0 Å².